The summed E-state index contributed by atoms with van der Waals surface area (Å²) in [5.74, 6) is 0. The van der Waals surface area contributed by atoms with Crippen molar-refractivity contribution in [3.8, 4) is 11.4 Å². The molecule has 0 spiro atoms. The van der Waals surface area contributed by atoms with Crippen LogP contribution in [0.5, 0.6) is 0 Å². The number of fused-ring (bicyclic) bond motifs is 20. The molecule has 6 heteroatoms. The summed E-state index contributed by atoms with van der Waals surface area (Å²) in [6.07, 6.45) is 0. The Morgan fingerprint density at radius 2 is 0.650 bits per heavy atom. The van der Waals surface area contributed by atoms with E-state index in [-0.39, 0.29) is 0 Å². The minimum absolute atomic E-state index is 0.818. The van der Waals surface area contributed by atoms with Crippen molar-refractivity contribution in [3.05, 3.63) is 170 Å². The molecule has 0 amide bonds. The van der Waals surface area contributed by atoms with Crippen molar-refractivity contribution < 1.29 is 17.7 Å². The van der Waals surface area contributed by atoms with Gasteiger partial charge in [0, 0.05) is 65.2 Å². The standard InChI is InChI=1S/C54H28N2O4/c1-5-13-41-35(11-1)51-43(21-19-33-31-9-3-7-15-45(31)59-53(33)51)55(41)29-17-23-47-37(25-29)39-27-50-40(28-49(39)57-47)38-26-30(18-24-48(38)58-50)56-42-14-6-2-12-36(42)52-44(56)22-20-34-32-10-4-8-16-46(32)60-54(34)52/h1-28H. The molecule has 0 aliphatic heterocycles. The third-order valence-corrected chi connectivity index (χ3v) is 12.9. The predicted octanol–water partition coefficient (Wildman–Crippen LogP) is 15.5. The molecule has 15 aromatic rings. The highest BCUT2D eigenvalue weighted by molar-refractivity contribution is 6.25. The van der Waals surface area contributed by atoms with Gasteiger partial charge in [-0.05, 0) is 97.1 Å². The van der Waals surface area contributed by atoms with Gasteiger partial charge < -0.3 is 26.8 Å². The number of aromatic nitrogens is 2. The molecule has 0 unspecified atom stereocenters. The zero-order valence-corrected chi connectivity index (χ0v) is 31.7. The molecule has 6 nitrogen and oxygen atoms in total. The second-order valence-corrected chi connectivity index (χ2v) is 16.0. The van der Waals surface area contributed by atoms with Gasteiger partial charge in [-0.2, -0.15) is 0 Å². The minimum Gasteiger partial charge on any atom is -0.456 e. The summed E-state index contributed by atoms with van der Waals surface area (Å²) < 4.78 is 31.0. The number of rotatable bonds is 2. The van der Waals surface area contributed by atoms with E-state index in [4.69, 9.17) is 17.7 Å². The molecular weight excluding hydrogens is 741 g/mol. The Balaban J connectivity index is 0.920. The maximum Gasteiger partial charge on any atom is 0.145 e. The normalized spacial score (nSPS) is 12.7. The average Bonchev–Trinajstić information content (AvgIpc) is 4.14. The van der Waals surface area contributed by atoms with Gasteiger partial charge in [-0.15, -0.1) is 0 Å². The Morgan fingerprint density at radius 1 is 0.250 bits per heavy atom. The van der Waals surface area contributed by atoms with Crippen LogP contribution in [0.1, 0.15) is 0 Å². The highest BCUT2D eigenvalue weighted by Gasteiger charge is 2.22. The molecule has 0 saturated heterocycles. The van der Waals surface area contributed by atoms with E-state index in [1.54, 1.807) is 0 Å². The van der Waals surface area contributed by atoms with Crippen LogP contribution >= 0.6 is 0 Å². The van der Waals surface area contributed by atoms with Gasteiger partial charge in [0.1, 0.15) is 44.7 Å². The molecule has 6 aromatic heterocycles. The van der Waals surface area contributed by atoms with E-state index in [9.17, 15) is 0 Å². The van der Waals surface area contributed by atoms with Crippen molar-refractivity contribution in [2.45, 2.75) is 0 Å². The maximum absolute atomic E-state index is 6.62. The van der Waals surface area contributed by atoms with E-state index in [2.05, 4.69) is 155 Å². The van der Waals surface area contributed by atoms with Crippen LogP contribution in [0, 0.1) is 0 Å². The molecule has 278 valence electrons. The van der Waals surface area contributed by atoms with Gasteiger partial charge in [-0.25, -0.2) is 0 Å². The van der Waals surface area contributed by atoms with Crippen molar-refractivity contribution in [1.29, 1.82) is 0 Å². The van der Waals surface area contributed by atoms with Crippen LogP contribution in [0.15, 0.2) is 188 Å². The monoisotopic (exact) mass is 768 g/mol. The van der Waals surface area contributed by atoms with E-state index in [1.807, 2.05) is 24.3 Å². The van der Waals surface area contributed by atoms with Crippen molar-refractivity contribution >= 4 is 131 Å². The molecule has 0 atom stereocenters. The summed E-state index contributed by atoms with van der Waals surface area (Å²) in [6, 6.07) is 59.8. The lowest BCUT2D eigenvalue weighted by Gasteiger charge is -2.08. The number of furan rings is 4. The molecule has 0 aliphatic rings. The van der Waals surface area contributed by atoms with Crippen LogP contribution in [-0.4, -0.2) is 9.13 Å². The van der Waals surface area contributed by atoms with Crippen LogP contribution in [0.25, 0.3) is 143 Å². The average molecular weight is 769 g/mol. The topological polar surface area (TPSA) is 62.4 Å². The van der Waals surface area contributed by atoms with Gasteiger partial charge in [-0.1, -0.05) is 72.8 Å². The van der Waals surface area contributed by atoms with Crippen LogP contribution in [0.4, 0.5) is 0 Å². The lowest BCUT2D eigenvalue weighted by Crippen LogP contribution is -1.93. The summed E-state index contributed by atoms with van der Waals surface area (Å²) in [5.41, 5.74) is 13.4. The molecule has 0 saturated carbocycles. The molecule has 60 heavy (non-hydrogen) atoms. The first kappa shape index (κ1) is 30.9. The zero-order chi connectivity index (χ0) is 38.8. The molecule has 0 radical (unpaired) electrons. The molecular formula is C54H28N2O4. The third kappa shape index (κ3) is 3.83. The van der Waals surface area contributed by atoms with Gasteiger partial charge in [0.15, 0.2) is 0 Å². The Morgan fingerprint density at radius 3 is 1.13 bits per heavy atom. The first-order valence-corrected chi connectivity index (χ1v) is 20.2. The fraction of sp³-hybridized carbons (Fsp3) is 0. The van der Waals surface area contributed by atoms with Crippen LogP contribution in [-0.2, 0) is 0 Å². The SMILES string of the molecule is c1ccc2c(c1)oc1c2ccc2c1c1ccccc1n2-c1ccc2oc3cc4c(cc3c2c1)oc1ccc(-n2c3ccccc3c3c5oc6ccccc6c5ccc32)cc14. The van der Waals surface area contributed by atoms with Gasteiger partial charge >= 0.3 is 0 Å². The summed E-state index contributed by atoms with van der Waals surface area (Å²) in [7, 11) is 0. The third-order valence-electron chi connectivity index (χ3n) is 12.9. The Bertz CT molecular complexity index is 4090. The molecule has 9 aromatic carbocycles. The smallest absolute Gasteiger partial charge is 0.145 e. The second kappa shape index (κ2) is 10.8. The summed E-state index contributed by atoms with van der Waals surface area (Å²) in [6.45, 7) is 0. The highest BCUT2D eigenvalue weighted by Crippen LogP contribution is 2.44. The number of nitrogens with zero attached hydrogens (tertiary/aromatic N) is 2. The molecule has 6 heterocycles. The molecule has 0 N–H and O–H groups in total. The zero-order valence-electron chi connectivity index (χ0n) is 31.7. The molecule has 15 rings (SSSR count). The minimum atomic E-state index is 0.818. The van der Waals surface area contributed by atoms with Crippen LogP contribution in [0.2, 0.25) is 0 Å². The Hall–Kier alpha value is -8.22. The predicted molar refractivity (Wildman–Crippen MR) is 244 cm³/mol. The number of para-hydroxylation sites is 4. The quantitative estimate of drug-likeness (QED) is 0.176. The molecule has 0 bridgehead atoms. The summed E-state index contributed by atoms with van der Waals surface area (Å²) in [5, 5.41) is 13.1. The summed E-state index contributed by atoms with van der Waals surface area (Å²) >= 11 is 0. The van der Waals surface area contributed by atoms with Crippen molar-refractivity contribution in [3.63, 3.8) is 0 Å². The Kier molecular flexibility index (Phi) is 5.57. The van der Waals surface area contributed by atoms with Crippen molar-refractivity contribution in [1.82, 2.24) is 9.13 Å². The van der Waals surface area contributed by atoms with Gasteiger partial charge in [-0.3, -0.25) is 0 Å². The fourth-order valence-electron chi connectivity index (χ4n) is 10.3. The van der Waals surface area contributed by atoms with Crippen molar-refractivity contribution in [2.75, 3.05) is 0 Å². The van der Waals surface area contributed by atoms with E-state index in [1.165, 1.54) is 0 Å². The number of benzene rings is 9. The van der Waals surface area contributed by atoms with Crippen LogP contribution < -0.4 is 0 Å². The number of hydrogen-bond donors (Lipinski definition) is 0. The first-order valence-electron chi connectivity index (χ1n) is 20.2. The largest absolute Gasteiger partial charge is 0.456 e. The lowest BCUT2D eigenvalue weighted by atomic mass is 10.1. The van der Waals surface area contributed by atoms with E-state index in [0.717, 1.165) is 143 Å². The molecule has 0 fully saturated rings. The Labute approximate surface area is 338 Å². The lowest BCUT2D eigenvalue weighted by molar-refractivity contribution is 0.664. The highest BCUT2D eigenvalue weighted by atomic mass is 16.3. The van der Waals surface area contributed by atoms with Gasteiger partial charge in [0.25, 0.3) is 0 Å². The maximum atomic E-state index is 6.62. The number of hydrogen-bond acceptors (Lipinski definition) is 4. The van der Waals surface area contributed by atoms with Gasteiger partial charge in [0.05, 0.1) is 32.8 Å². The molecule has 0 aliphatic carbocycles. The fourth-order valence-corrected chi connectivity index (χ4v) is 10.3. The van der Waals surface area contributed by atoms with Crippen LogP contribution in [0.3, 0.4) is 0 Å². The van der Waals surface area contributed by atoms with E-state index < -0.39 is 0 Å². The van der Waals surface area contributed by atoms with E-state index in [0.29, 0.717) is 0 Å². The first-order chi connectivity index (χ1) is 29.7. The van der Waals surface area contributed by atoms with Crippen molar-refractivity contribution in [2.24, 2.45) is 0 Å². The van der Waals surface area contributed by atoms with Gasteiger partial charge in [0.2, 0.25) is 0 Å². The second-order valence-electron chi connectivity index (χ2n) is 16.0. The van der Waals surface area contributed by atoms with E-state index >= 15 is 0 Å². The summed E-state index contributed by atoms with van der Waals surface area (Å²) in [4.78, 5) is 0.